The van der Waals surface area contributed by atoms with E-state index in [2.05, 4.69) is 88.6 Å². The van der Waals surface area contributed by atoms with Gasteiger partial charge in [0.2, 0.25) is 41.1 Å². The molecule has 12 amide bonds. The first-order valence-electron chi connectivity index (χ1n) is 33.4. The number of nitrogens with one attached hydrogen (secondary N) is 12. The van der Waals surface area contributed by atoms with Crippen molar-refractivity contribution in [2.24, 2.45) is 56.4 Å². The van der Waals surface area contributed by atoms with Crippen molar-refractivity contribution in [1.29, 1.82) is 0 Å². The number of anilines is 7. The number of hydrogen-bond acceptors (Lipinski definition) is 18. The van der Waals surface area contributed by atoms with E-state index < -0.39 is 59.1 Å². The molecule has 0 aliphatic heterocycles. The molecule has 0 aliphatic carbocycles. The Labute approximate surface area is 602 Å². The lowest BCUT2D eigenvalue weighted by Gasteiger charge is -2.16. The number of aromatic nitrogens is 12. The van der Waals surface area contributed by atoms with Crippen molar-refractivity contribution >= 4 is 117 Å². The molecule has 0 radical (unpaired) electrons. The van der Waals surface area contributed by atoms with Gasteiger partial charge in [-0.2, -0.15) is 0 Å². The third-order valence-corrected chi connectivity index (χ3v) is 16.2. The van der Waals surface area contributed by atoms with E-state index >= 15 is 0 Å². The molecular weight excluding hydrogens is 1360 g/mol. The number of Topliss-reactive ketones (excluding diaryl/α,β-unsaturated/α-hetero) is 1. The van der Waals surface area contributed by atoms with Gasteiger partial charge in [-0.25, -0.2) is 19.9 Å². The maximum Gasteiger partial charge on any atom is 0.291 e. The first kappa shape index (κ1) is 78.0. The first-order valence-corrected chi connectivity index (χ1v) is 33.4. The van der Waals surface area contributed by atoms with Gasteiger partial charge < -0.3 is 110 Å². The fraction of sp³-hybridized carbons (Fsp3) is 0.388. The number of aryl methyl sites for hydroxylation is 8. The van der Waals surface area contributed by atoms with Crippen LogP contribution in [0.2, 0.25) is 0 Å². The Kier molecular flexibility index (Phi) is 26.9. The van der Waals surface area contributed by atoms with E-state index in [9.17, 15) is 62.3 Å². The predicted octanol–water partition coefficient (Wildman–Crippen LogP) is 1.97. The van der Waals surface area contributed by atoms with Crippen molar-refractivity contribution in [3.8, 4) is 0 Å². The van der Waals surface area contributed by atoms with Crippen LogP contribution < -0.4 is 63.8 Å². The summed E-state index contributed by atoms with van der Waals surface area (Å²) in [4.78, 5) is 186. The zero-order chi connectivity index (χ0) is 76.2. The highest BCUT2D eigenvalue weighted by molar-refractivity contribution is 6.08. The Morgan fingerprint density at radius 2 is 0.676 bits per heavy atom. The lowest BCUT2D eigenvalue weighted by molar-refractivity contribution is -0.122. The predicted molar refractivity (Wildman–Crippen MR) is 384 cm³/mol. The van der Waals surface area contributed by atoms with E-state index in [0.717, 1.165) is 19.5 Å². The van der Waals surface area contributed by atoms with E-state index in [0.29, 0.717) is 44.5 Å². The van der Waals surface area contributed by atoms with Crippen LogP contribution in [0.1, 0.15) is 149 Å². The Balaban J connectivity index is 0.699. The highest BCUT2D eigenvalue weighted by atomic mass is 16.2. The third kappa shape index (κ3) is 22.4. The topological polar surface area (TPSA) is 461 Å². The summed E-state index contributed by atoms with van der Waals surface area (Å²) in [6.07, 6.45) is 16.4. The van der Waals surface area contributed by atoms with Crippen molar-refractivity contribution in [3.05, 3.63) is 126 Å². The van der Waals surface area contributed by atoms with Crippen LogP contribution in [0, 0.1) is 0 Å². The van der Waals surface area contributed by atoms with Crippen molar-refractivity contribution < 1.29 is 62.3 Å². The maximum atomic E-state index is 13.5. The average Bonchev–Trinajstić information content (AvgIpc) is 1.69. The van der Waals surface area contributed by atoms with Gasteiger partial charge in [0.1, 0.15) is 28.6 Å². The lowest BCUT2D eigenvalue weighted by Crippen LogP contribution is -2.33. The molecule has 0 aliphatic rings. The molecular formula is C67H87N25O13. The average molecular weight is 1450 g/mol. The Morgan fingerprint density at radius 3 is 1.08 bits per heavy atom. The second-order valence-corrected chi connectivity index (χ2v) is 24.9. The molecule has 8 aromatic heterocycles. The summed E-state index contributed by atoms with van der Waals surface area (Å²) in [5.74, 6) is -5.43. The Bertz CT molecular complexity index is 4570. The van der Waals surface area contributed by atoms with Gasteiger partial charge in [0, 0.05) is 177 Å². The van der Waals surface area contributed by atoms with Gasteiger partial charge >= 0.3 is 0 Å². The van der Waals surface area contributed by atoms with Crippen LogP contribution in [0.4, 0.5) is 40.2 Å². The fourth-order valence-corrected chi connectivity index (χ4v) is 10.8. The number of amides is 12. The van der Waals surface area contributed by atoms with Crippen LogP contribution >= 0.6 is 0 Å². The van der Waals surface area contributed by atoms with Crippen molar-refractivity contribution in [1.82, 2.24) is 88.0 Å². The first-order chi connectivity index (χ1) is 50.0. The Hall–Kier alpha value is -12.8. The molecule has 8 rings (SSSR count). The Morgan fingerprint density at radius 1 is 0.333 bits per heavy atom. The fourth-order valence-electron chi connectivity index (χ4n) is 10.8. The van der Waals surface area contributed by atoms with E-state index in [1.54, 1.807) is 73.3 Å². The molecule has 0 unspecified atom stereocenters. The summed E-state index contributed by atoms with van der Waals surface area (Å²) in [5, 5.41) is 32.6. The van der Waals surface area contributed by atoms with Gasteiger partial charge in [-0.1, -0.05) is 0 Å². The maximum absolute atomic E-state index is 13.5. The van der Waals surface area contributed by atoms with Gasteiger partial charge in [0.15, 0.2) is 23.3 Å². The minimum absolute atomic E-state index is 0.0331. The molecule has 8 heterocycles. The molecule has 8 aromatic rings. The number of hydrogen-bond donors (Lipinski definition) is 12. The normalized spacial score (nSPS) is 11.0. The van der Waals surface area contributed by atoms with Gasteiger partial charge in [-0.15, -0.1) is 0 Å². The second-order valence-electron chi connectivity index (χ2n) is 24.9. The molecule has 38 heteroatoms. The zero-order valence-electron chi connectivity index (χ0n) is 59.9. The number of ketones is 1. The summed E-state index contributed by atoms with van der Waals surface area (Å²) in [7, 11) is 14.7. The molecule has 0 aromatic carbocycles. The van der Waals surface area contributed by atoms with Crippen LogP contribution in [0.25, 0.3) is 0 Å². The van der Waals surface area contributed by atoms with Gasteiger partial charge in [0.05, 0.1) is 22.7 Å². The summed E-state index contributed by atoms with van der Waals surface area (Å²) in [6, 6.07) is 5.83. The van der Waals surface area contributed by atoms with Crippen molar-refractivity contribution in [2.45, 2.75) is 64.7 Å². The standard InChI is InChI=1S/C67H87N25O13/c1-40(93)15-11-16-52(94)68-21-13-26-84(2)27-14-22-69-53(95)18-23-72-61(99)47-31-43(35-88(47)6)76-67(105)59-82-51(39-92(59)10)83-63(101)48-32-44(36-89(48)7)77-66(104)57-80-49(37-90(57)8)78-54(96)17-12-20-71-60(98)45-30-42(34-86(45)4)75-65(103)58-81-50(38-91(58)9)79-55(97)19-24-73-62(100)46-29-41(33-87(46)5)74-64(102)56-70-25-28-85(56)3/h25,28-39H,11-24,26-27H2,1-10H3,(H,68,94)(H,69,95)(H,71,98)(H,72,99)(H,73,100)(H,74,102)(H,75,103)(H,76,105)(H,77,104)(H,78,96)(H,79,97)(H,83,101). The number of carbonyl (C=O) groups is 13. The van der Waals surface area contributed by atoms with Crippen LogP contribution in [0.3, 0.4) is 0 Å². The molecule has 12 N–H and O–H groups in total. The van der Waals surface area contributed by atoms with Crippen molar-refractivity contribution in [3.63, 3.8) is 0 Å². The highest BCUT2D eigenvalue weighted by Gasteiger charge is 2.25. The van der Waals surface area contributed by atoms with E-state index in [4.69, 9.17) is 0 Å². The van der Waals surface area contributed by atoms with Gasteiger partial charge in [0.25, 0.3) is 47.3 Å². The summed E-state index contributed by atoms with van der Waals surface area (Å²) in [5.41, 5.74) is 1.92. The van der Waals surface area contributed by atoms with Gasteiger partial charge in [-0.3, -0.25) is 57.5 Å². The molecule has 38 nitrogen and oxygen atoms in total. The van der Waals surface area contributed by atoms with E-state index in [1.807, 2.05) is 7.05 Å². The second kappa shape index (κ2) is 36.2. The quantitative estimate of drug-likeness (QED) is 0.0248. The largest absolute Gasteiger partial charge is 0.356 e. The monoisotopic (exact) mass is 1450 g/mol. The van der Waals surface area contributed by atoms with Crippen LogP contribution in [-0.4, -0.2) is 191 Å². The molecule has 0 bridgehead atoms. The minimum atomic E-state index is -0.661. The van der Waals surface area contributed by atoms with E-state index in [1.165, 1.54) is 107 Å². The third-order valence-electron chi connectivity index (χ3n) is 16.2. The number of carbonyl (C=O) groups excluding carboxylic acids is 13. The number of nitrogens with zero attached hydrogens (tertiary/aromatic N) is 13. The number of imidazole rings is 4. The lowest BCUT2D eigenvalue weighted by atomic mass is 10.2. The molecule has 558 valence electrons. The molecule has 0 atom stereocenters. The van der Waals surface area contributed by atoms with E-state index in [-0.39, 0.29) is 144 Å². The van der Waals surface area contributed by atoms with Crippen LogP contribution in [-0.2, 0) is 80.4 Å². The van der Waals surface area contributed by atoms with Gasteiger partial charge in [-0.05, 0) is 77.0 Å². The highest BCUT2D eigenvalue weighted by Crippen LogP contribution is 2.21. The van der Waals surface area contributed by atoms with Crippen LogP contribution in [0.15, 0.2) is 80.0 Å². The minimum Gasteiger partial charge on any atom is -0.356 e. The summed E-state index contributed by atoms with van der Waals surface area (Å²) < 4.78 is 11.8. The smallest absolute Gasteiger partial charge is 0.291 e. The van der Waals surface area contributed by atoms with Crippen LogP contribution in [0.5, 0.6) is 0 Å². The van der Waals surface area contributed by atoms with Crippen molar-refractivity contribution in [2.75, 3.05) is 90.1 Å². The number of rotatable bonds is 37. The molecule has 0 fully saturated rings. The zero-order valence-corrected chi connectivity index (χ0v) is 59.9. The SMILES string of the molecule is CC(=O)CCCC(=O)NCCCN(C)CCCNC(=O)CCNC(=O)c1cc(NC(=O)c2nc(NC(=O)c3cc(NC(=O)c4nc(NC(=O)CCCNC(=O)c5cc(NC(=O)c6nc(NC(=O)CCNC(=O)c7cc(NC(=O)c8nccn8C)cn7C)cn6C)cn5C)cn4C)cn3C)cn2C)cn1C. The molecule has 105 heavy (non-hydrogen) atoms. The molecule has 0 saturated carbocycles. The summed E-state index contributed by atoms with van der Waals surface area (Å²) in [6.45, 7) is 4.12. The summed E-state index contributed by atoms with van der Waals surface area (Å²) >= 11 is 0. The molecule has 0 saturated heterocycles. The molecule has 0 spiro atoms.